The molecule has 4 nitrogen and oxygen atoms in total. The van der Waals surface area contributed by atoms with Gasteiger partial charge in [-0.15, -0.1) is 0 Å². The van der Waals surface area contributed by atoms with Crippen molar-refractivity contribution in [3.8, 4) is 11.5 Å². The van der Waals surface area contributed by atoms with Crippen molar-refractivity contribution < 1.29 is 4.74 Å². The van der Waals surface area contributed by atoms with Crippen LogP contribution in [-0.4, -0.2) is 19.4 Å². The van der Waals surface area contributed by atoms with Crippen molar-refractivity contribution in [1.82, 2.24) is 0 Å². The summed E-state index contributed by atoms with van der Waals surface area (Å²) in [5, 5.41) is 0. The van der Waals surface area contributed by atoms with Crippen LogP contribution in [0.15, 0.2) is 50.3 Å². The van der Waals surface area contributed by atoms with E-state index in [1.54, 1.807) is 7.05 Å². The summed E-state index contributed by atoms with van der Waals surface area (Å²) in [6.45, 7) is 0.746. The zero-order valence-corrected chi connectivity index (χ0v) is 15.2. The van der Waals surface area contributed by atoms with Crippen LogP contribution in [0.4, 0.5) is 11.4 Å². The maximum absolute atomic E-state index is 6.04. The molecule has 0 bridgehead atoms. The van der Waals surface area contributed by atoms with Gasteiger partial charge in [0.05, 0.1) is 17.2 Å². The van der Waals surface area contributed by atoms with Crippen LogP contribution in [-0.2, 0) is 0 Å². The third-order valence-corrected chi connectivity index (χ3v) is 4.51. The van der Waals surface area contributed by atoms with E-state index in [-0.39, 0.29) is 0 Å². The number of nitrogens with zero attached hydrogens (tertiary/aromatic N) is 2. The predicted octanol–water partition coefficient (Wildman–Crippen LogP) is 4.83. The summed E-state index contributed by atoms with van der Waals surface area (Å²) >= 11 is 6.98. The summed E-state index contributed by atoms with van der Waals surface area (Å²) in [6.07, 6.45) is 0.696. The van der Waals surface area contributed by atoms with E-state index in [0.29, 0.717) is 12.3 Å². The number of rotatable bonds is 3. The number of aliphatic imine (C=N–C) groups is 1. The molecule has 0 fully saturated rings. The third-order valence-electron chi connectivity index (χ3n) is 3.52. The Labute approximate surface area is 146 Å². The van der Waals surface area contributed by atoms with Crippen LogP contribution in [0.2, 0.25) is 0 Å². The predicted molar refractivity (Wildman–Crippen MR) is 97.5 cm³/mol. The summed E-state index contributed by atoms with van der Waals surface area (Å²) in [7, 11) is 1.71. The van der Waals surface area contributed by atoms with Gasteiger partial charge in [0.25, 0.3) is 0 Å². The Kier molecular flexibility index (Phi) is 4.40. The number of fused-ring (bicyclic) bond motifs is 2. The molecule has 1 aliphatic heterocycles. The monoisotopic (exact) mass is 423 g/mol. The smallest absolute Gasteiger partial charge is 0.152 e. The summed E-state index contributed by atoms with van der Waals surface area (Å²) in [4.78, 5) is 6.25. The van der Waals surface area contributed by atoms with E-state index in [1.807, 2.05) is 36.4 Å². The van der Waals surface area contributed by atoms with E-state index in [2.05, 4.69) is 41.8 Å². The van der Waals surface area contributed by atoms with Crippen LogP contribution in [0.3, 0.4) is 0 Å². The van der Waals surface area contributed by atoms with Gasteiger partial charge in [-0.3, -0.25) is 4.99 Å². The highest BCUT2D eigenvalue weighted by Crippen LogP contribution is 2.48. The summed E-state index contributed by atoms with van der Waals surface area (Å²) in [6, 6.07) is 12.1. The van der Waals surface area contributed by atoms with E-state index in [0.717, 1.165) is 38.4 Å². The molecule has 0 atom stereocenters. The average Bonchev–Trinajstić information content (AvgIpc) is 2.50. The second-order valence-corrected chi connectivity index (χ2v) is 6.77. The molecule has 2 aromatic carbocycles. The van der Waals surface area contributed by atoms with Gasteiger partial charge in [0.1, 0.15) is 0 Å². The molecular formula is C16H15Br2N3O. The summed E-state index contributed by atoms with van der Waals surface area (Å²) in [5.41, 5.74) is 7.91. The fourth-order valence-electron chi connectivity index (χ4n) is 2.41. The number of halogens is 2. The number of hydrogen-bond acceptors (Lipinski definition) is 3. The molecule has 3 rings (SSSR count). The molecule has 0 saturated heterocycles. The number of anilines is 2. The zero-order chi connectivity index (χ0) is 15.7. The van der Waals surface area contributed by atoms with Gasteiger partial charge in [0, 0.05) is 29.0 Å². The van der Waals surface area contributed by atoms with Crippen molar-refractivity contribution in [1.29, 1.82) is 0 Å². The minimum atomic E-state index is 0.642. The van der Waals surface area contributed by atoms with E-state index in [1.165, 1.54) is 0 Å². The lowest BCUT2D eigenvalue weighted by atomic mass is 10.1. The molecule has 0 spiro atoms. The number of hydrogen-bond donors (Lipinski definition) is 1. The molecule has 114 valence electrons. The van der Waals surface area contributed by atoms with Gasteiger partial charge in [0.15, 0.2) is 11.5 Å². The second-order valence-electron chi connectivity index (χ2n) is 4.94. The van der Waals surface area contributed by atoms with Gasteiger partial charge < -0.3 is 15.4 Å². The minimum absolute atomic E-state index is 0.642. The van der Waals surface area contributed by atoms with Crippen molar-refractivity contribution in [3.05, 3.63) is 45.3 Å². The Bertz CT molecular complexity index is 695. The van der Waals surface area contributed by atoms with Crippen LogP contribution in [0.5, 0.6) is 11.5 Å². The molecule has 6 heteroatoms. The molecule has 22 heavy (non-hydrogen) atoms. The first-order valence-corrected chi connectivity index (χ1v) is 8.42. The maximum atomic E-state index is 6.04. The molecule has 0 saturated carbocycles. The Balaban J connectivity index is 2.03. The van der Waals surface area contributed by atoms with Crippen molar-refractivity contribution in [2.24, 2.45) is 10.7 Å². The molecule has 0 unspecified atom stereocenters. The van der Waals surface area contributed by atoms with Gasteiger partial charge in [-0.1, -0.05) is 31.9 Å². The lowest BCUT2D eigenvalue weighted by molar-refractivity contribution is 0.472. The average molecular weight is 425 g/mol. The molecule has 1 aliphatic rings. The lowest BCUT2D eigenvalue weighted by Gasteiger charge is -2.33. The number of amidine groups is 1. The summed E-state index contributed by atoms with van der Waals surface area (Å²) < 4.78 is 8.01. The largest absolute Gasteiger partial charge is 0.453 e. The number of ether oxygens (including phenoxy) is 1. The van der Waals surface area contributed by atoms with Crippen LogP contribution in [0.25, 0.3) is 0 Å². The molecule has 0 aromatic heterocycles. The standard InChI is InChI=1S/C16H15Br2N3O/c1-20-16(19)6-7-21-12-4-2-10(17)8-14(12)22-15-9-11(18)3-5-13(15)21/h2-5,8-9H,6-7H2,1H3,(H2,19,20). The Morgan fingerprint density at radius 3 is 2.14 bits per heavy atom. The molecule has 2 N–H and O–H groups in total. The SMILES string of the molecule is CN=C(N)CCN1c2ccc(Br)cc2Oc2cc(Br)ccc21. The first kappa shape index (κ1) is 15.4. The quantitative estimate of drug-likeness (QED) is 0.566. The van der Waals surface area contributed by atoms with E-state index in [4.69, 9.17) is 10.5 Å². The highest BCUT2D eigenvalue weighted by molar-refractivity contribution is 9.10. The van der Waals surface area contributed by atoms with Gasteiger partial charge in [-0.25, -0.2) is 0 Å². The van der Waals surface area contributed by atoms with Crippen LogP contribution in [0, 0.1) is 0 Å². The van der Waals surface area contributed by atoms with Crippen LogP contribution < -0.4 is 15.4 Å². The third kappa shape index (κ3) is 2.98. The van der Waals surface area contributed by atoms with Crippen LogP contribution >= 0.6 is 31.9 Å². The van der Waals surface area contributed by atoms with Crippen LogP contribution in [0.1, 0.15) is 6.42 Å². The van der Waals surface area contributed by atoms with Crippen molar-refractivity contribution in [3.63, 3.8) is 0 Å². The first-order valence-electron chi connectivity index (χ1n) is 6.84. The van der Waals surface area contributed by atoms with Gasteiger partial charge in [-0.2, -0.15) is 0 Å². The Morgan fingerprint density at radius 2 is 1.64 bits per heavy atom. The Morgan fingerprint density at radius 1 is 1.09 bits per heavy atom. The van der Waals surface area contributed by atoms with Crippen molar-refractivity contribution in [2.45, 2.75) is 6.42 Å². The lowest BCUT2D eigenvalue weighted by Crippen LogP contribution is -2.26. The highest BCUT2D eigenvalue weighted by Gasteiger charge is 2.24. The molecule has 0 amide bonds. The molecule has 2 aromatic rings. The van der Waals surface area contributed by atoms with E-state index < -0.39 is 0 Å². The number of nitrogens with two attached hydrogens (primary N) is 1. The van der Waals surface area contributed by atoms with E-state index >= 15 is 0 Å². The fourth-order valence-corrected chi connectivity index (χ4v) is 3.09. The van der Waals surface area contributed by atoms with Gasteiger partial charge in [-0.05, 0) is 36.4 Å². The minimum Gasteiger partial charge on any atom is -0.453 e. The zero-order valence-electron chi connectivity index (χ0n) is 12.0. The fraction of sp³-hybridized carbons (Fsp3) is 0.188. The molecule has 0 aliphatic carbocycles. The van der Waals surface area contributed by atoms with Crippen molar-refractivity contribution >= 4 is 49.1 Å². The van der Waals surface area contributed by atoms with Crippen molar-refractivity contribution in [2.75, 3.05) is 18.5 Å². The molecular weight excluding hydrogens is 410 g/mol. The van der Waals surface area contributed by atoms with E-state index in [9.17, 15) is 0 Å². The van der Waals surface area contributed by atoms with Gasteiger partial charge >= 0.3 is 0 Å². The second kappa shape index (κ2) is 6.30. The highest BCUT2D eigenvalue weighted by atomic mass is 79.9. The molecule has 0 radical (unpaired) electrons. The Hall–Kier alpha value is -1.53. The normalized spacial score (nSPS) is 13.4. The van der Waals surface area contributed by atoms with Gasteiger partial charge in [0.2, 0.25) is 0 Å². The first-order chi connectivity index (χ1) is 10.6. The maximum Gasteiger partial charge on any atom is 0.152 e. The topological polar surface area (TPSA) is 50.8 Å². The number of benzene rings is 2. The summed E-state index contributed by atoms with van der Waals surface area (Å²) in [5.74, 6) is 2.29. The molecule has 1 heterocycles.